The predicted molar refractivity (Wildman–Crippen MR) is 89.9 cm³/mol. The van der Waals surface area contributed by atoms with E-state index in [1.807, 2.05) is 7.05 Å². The number of nitrogens with zero attached hydrogens (tertiary/aromatic N) is 1. The first kappa shape index (κ1) is 16.0. The van der Waals surface area contributed by atoms with Crippen LogP contribution in [0.1, 0.15) is 49.7 Å². The maximum absolute atomic E-state index is 3.73. The molecular weight excluding hydrogens is 312 g/mol. The van der Waals surface area contributed by atoms with E-state index in [2.05, 4.69) is 51.4 Å². The minimum Gasteiger partial charge on any atom is -0.316 e. The minimum absolute atomic E-state index is 0.765. The lowest BCUT2D eigenvalue weighted by molar-refractivity contribution is 0.212. The van der Waals surface area contributed by atoms with Crippen LogP contribution in [0.4, 0.5) is 0 Å². The lowest BCUT2D eigenvalue weighted by Crippen LogP contribution is -2.30. The smallest absolute Gasteiger partial charge is 0.0244 e. The normalized spacial score (nSPS) is 17.4. The first-order chi connectivity index (χ1) is 9.70. The Hall–Kier alpha value is -0.380. The van der Waals surface area contributed by atoms with Crippen LogP contribution in [0, 0.1) is 0 Å². The Bertz CT molecular complexity index is 411. The third-order valence-electron chi connectivity index (χ3n) is 4.37. The van der Waals surface area contributed by atoms with Crippen molar-refractivity contribution in [1.82, 2.24) is 10.2 Å². The van der Waals surface area contributed by atoms with E-state index >= 15 is 0 Å². The van der Waals surface area contributed by atoms with Crippen LogP contribution in [0.5, 0.6) is 0 Å². The largest absolute Gasteiger partial charge is 0.316 e. The Balaban J connectivity index is 1.97. The fourth-order valence-corrected chi connectivity index (χ4v) is 3.68. The molecule has 1 aromatic carbocycles. The maximum Gasteiger partial charge on any atom is 0.0244 e. The molecule has 0 spiro atoms. The standard InChI is InChI=1S/C17H27BrN2/c1-19-12-14-9-10-15(17(18)11-14)13-20(2)16-7-5-3-4-6-8-16/h9-11,16,19H,3-8,12-13H2,1-2H3. The Morgan fingerprint density at radius 2 is 1.90 bits per heavy atom. The van der Waals surface area contributed by atoms with E-state index in [0.717, 1.165) is 19.1 Å². The van der Waals surface area contributed by atoms with Crippen molar-refractivity contribution < 1.29 is 0 Å². The van der Waals surface area contributed by atoms with Crippen LogP contribution in [0.25, 0.3) is 0 Å². The lowest BCUT2D eigenvalue weighted by atomic mass is 10.1. The molecule has 1 fully saturated rings. The maximum atomic E-state index is 3.73. The molecule has 1 aromatic rings. The summed E-state index contributed by atoms with van der Waals surface area (Å²) < 4.78 is 1.24. The highest BCUT2D eigenvalue weighted by Gasteiger charge is 2.17. The van der Waals surface area contributed by atoms with Gasteiger partial charge in [-0.3, -0.25) is 4.90 Å². The van der Waals surface area contributed by atoms with Crippen LogP contribution in [-0.4, -0.2) is 25.0 Å². The van der Waals surface area contributed by atoms with Crippen molar-refractivity contribution in [2.75, 3.05) is 14.1 Å². The SMILES string of the molecule is CNCc1ccc(CN(C)C2CCCCCC2)c(Br)c1. The summed E-state index contributed by atoms with van der Waals surface area (Å²) in [6.45, 7) is 1.97. The van der Waals surface area contributed by atoms with Crippen LogP contribution in [0.15, 0.2) is 22.7 Å². The van der Waals surface area contributed by atoms with E-state index in [4.69, 9.17) is 0 Å². The molecule has 0 aromatic heterocycles. The quantitative estimate of drug-likeness (QED) is 0.804. The number of rotatable bonds is 5. The fourth-order valence-electron chi connectivity index (χ4n) is 3.13. The van der Waals surface area contributed by atoms with Crippen molar-refractivity contribution in [2.24, 2.45) is 0 Å². The second-order valence-electron chi connectivity index (χ2n) is 6.02. The number of benzene rings is 1. The van der Waals surface area contributed by atoms with Gasteiger partial charge in [-0.25, -0.2) is 0 Å². The van der Waals surface area contributed by atoms with Crippen LogP contribution in [0.3, 0.4) is 0 Å². The summed E-state index contributed by atoms with van der Waals surface area (Å²) in [6, 6.07) is 7.51. The minimum atomic E-state index is 0.765. The van der Waals surface area contributed by atoms with Gasteiger partial charge in [0.25, 0.3) is 0 Å². The molecule has 20 heavy (non-hydrogen) atoms. The second-order valence-corrected chi connectivity index (χ2v) is 6.87. The molecule has 0 bridgehead atoms. The molecule has 1 N–H and O–H groups in total. The third-order valence-corrected chi connectivity index (χ3v) is 5.10. The van der Waals surface area contributed by atoms with Gasteiger partial charge in [-0.2, -0.15) is 0 Å². The summed E-state index contributed by atoms with van der Waals surface area (Å²) >= 11 is 3.73. The number of hydrogen-bond donors (Lipinski definition) is 1. The van der Waals surface area contributed by atoms with Crippen LogP contribution >= 0.6 is 15.9 Å². The zero-order valence-corrected chi connectivity index (χ0v) is 14.4. The average Bonchev–Trinajstić information content (AvgIpc) is 2.71. The Morgan fingerprint density at radius 3 is 2.50 bits per heavy atom. The summed E-state index contributed by atoms with van der Waals surface area (Å²) in [5.74, 6) is 0. The van der Waals surface area contributed by atoms with E-state index in [-0.39, 0.29) is 0 Å². The Kier molecular flexibility index (Phi) is 6.53. The molecule has 0 unspecified atom stereocenters. The lowest BCUT2D eigenvalue weighted by Gasteiger charge is -2.27. The van der Waals surface area contributed by atoms with Gasteiger partial charge in [0, 0.05) is 23.6 Å². The van der Waals surface area contributed by atoms with Crippen molar-refractivity contribution in [3.8, 4) is 0 Å². The Labute approximate surface area is 132 Å². The van der Waals surface area contributed by atoms with Gasteiger partial charge >= 0.3 is 0 Å². The number of hydrogen-bond acceptors (Lipinski definition) is 2. The highest BCUT2D eigenvalue weighted by molar-refractivity contribution is 9.10. The summed E-state index contributed by atoms with van der Waals surface area (Å²) in [5.41, 5.74) is 2.73. The zero-order valence-electron chi connectivity index (χ0n) is 12.8. The van der Waals surface area contributed by atoms with Gasteiger partial charge in [0.1, 0.15) is 0 Å². The van der Waals surface area contributed by atoms with Gasteiger partial charge in [-0.05, 0) is 44.1 Å². The third kappa shape index (κ3) is 4.57. The van der Waals surface area contributed by atoms with Gasteiger partial charge in [0.2, 0.25) is 0 Å². The van der Waals surface area contributed by atoms with Crippen molar-refractivity contribution >= 4 is 15.9 Å². The molecule has 0 saturated heterocycles. The molecule has 1 aliphatic rings. The van der Waals surface area contributed by atoms with Crippen molar-refractivity contribution in [3.63, 3.8) is 0 Å². The molecule has 0 amide bonds. The van der Waals surface area contributed by atoms with E-state index in [9.17, 15) is 0 Å². The van der Waals surface area contributed by atoms with Gasteiger partial charge in [-0.15, -0.1) is 0 Å². The van der Waals surface area contributed by atoms with Gasteiger partial charge in [0.05, 0.1) is 0 Å². The first-order valence-electron chi connectivity index (χ1n) is 7.83. The summed E-state index contributed by atoms with van der Waals surface area (Å²) in [5, 5.41) is 3.20. The first-order valence-corrected chi connectivity index (χ1v) is 8.62. The molecule has 2 rings (SSSR count). The number of halogens is 1. The molecule has 3 heteroatoms. The van der Waals surface area contributed by atoms with Crippen LogP contribution in [-0.2, 0) is 13.1 Å². The van der Waals surface area contributed by atoms with E-state index in [1.165, 1.54) is 54.1 Å². The van der Waals surface area contributed by atoms with Crippen molar-refractivity contribution in [1.29, 1.82) is 0 Å². The second kappa shape index (κ2) is 8.16. The molecule has 0 atom stereocenters. The summed E-state index contributed by atoms with van der Waals surface area (Å²) in [7, 11) is 4.27. The van der Waals surface area contributed by atoms with Crippen LogP contribution in [0.2, 0.25) is 0 Å². The monoisotopic (exact) mass is 338 g/mol. The van der Waals surface area contributed by atoms with E-state index in [1.54, 1.807) is 0 Å². The van der Waals surface area contributed by atoms with E-state index < -0.39 is 0 Å². The summed E-state index contributed by atoms with van der Waals surface area (Å²) in [6.07, 6.45) is 8.38. The molecular formula is C17H27BrN2. The predicted octanol–water partition coefficient (Wildman–Crippen LogP) is 4.32. The molecule has 0 radical (unpaired) electrons. The molecule has 1 saturated carbocycles. The summed E-state index contributed by atoms with van der Waals surface area (Å²) in [4.78, 5) is 2.54. The van der Waals surface area contributed by atoms with Crippen molar-refractivity contribution in [2.45, 2.75) is 57.7 Å². The highest BCUT2D eigenvalue weighted by atomic mass is 79.9. The Morgan fingerprint density at radius 1 is 1.20 bits per heavy atom. The average molecular weight is 339 g/mol. The van der Waals surface area contributed by atoms with E-state index in [0.29, 0.717) is 0 Å². The van der Waals surface area contributed by atoms with Gasteiger partial charge < -0.3 is 5.32 Å². The van der Waals surface area contributed by atoms with Crippen molar-refractivity contribution in [3.05, 3.63) is 33.8 Å². The molecule has 0 heterocycles. The molecule has 1 aliphatic carbocycles. The van der Waals surface area contributed by atoms with Gasteiger partial charge in [0.15, 0.2) is 0 Å². The zero-order chi connectivity index (χ0) is 14.4. The van der Waals surface area contributed by atoms with Crippen LogP contribution < -0.4 is 5.32 Å². The molecule has 112 valence electrons. The molecule has 0 aliphatic heterocycles. The topological polar surface area (TPSA) is 15.3 Å². The molecule has 2 nitrogen and oxygen atoms in total. The number of nitrogens with one attached hydrogen (secondary N) is 1. The highest BCUT2D eigenvalue weighted by Crippen LogP contribution is 2.25. The van der Waals surface area contributed by atoms with Gasteiger partial charge in [-0.1, -0.05) is 53.7 Å². The fraction of sp³-hybridized carbons (Fsp3) is 0.647.